The molecule has 2 fully saturated rings. The fraction of sp³-hybridized carbons (Fsp3) is 0.818. The highest BCUT2D eigenvalue weighted by atomic mass is 15.3. The molecule has 0 bridgehead atoms. The van der Waals surface area contributed by atoms with Crippen LogP contribution in [0.4, 0.5) is 0 Å². The lowest BCUT2D eigenvalue weighted by atomic mass is 10.2. The summed E-state index contributed by atoms with van der Waals surface area (Å²) >= 11 is 0. The Morgan fingerprint density at radius 1 is 1.36 bits per heavy atom. The highest BCUT2D eigenvalue weighted by Gasteiger charge is 2.26. The van der Waals surface area contributed by atoms with Crippen LogP contribution in [0.15, 0.2) is 0 Å². The molecule has 0 spiro atoms. The van der Waals surface area contributed by atoms with Gasteiger partial charge in [-0.2, -0.15) is 0 Å². The second kappa shape index (κ2) is 4.79. The van der Waals surface area contributed by atoms with Crippen LogP contribution in [0.1, 0.15) is 12.8 Å². The average molecular weight is 193 g/mol. The molecule has 0 amide bonds. The number of rotatable bonds is 2. The van der Waals surface area contributed by atoms with E-state index in [2.05, 4.69) is 21.0 Å². The molecule has 2 aliphatic rings. The van der Waals surface area contributed by atoms with E-state index >= 15 is 0 Å². The second-order valence-corrected chi connectivity index (χ2v) is 4.22. The molecule has 3 nitrogen and oxygen atoms in total. The summed E-state index contributed by atoms with van der Waals surface area (Å²) in [6.45, 7) is 6.54. The van der Waals surface area contributed by atoms with Crippen molar-refractivity contribution >= 4 is 0 Å². The first-order valence-electron chi connectivity index (χ1n) is 5.51. The molecule has 2 aliphatic heterocycles. The minimum absolute atomic E-state index is 0.680. The molecule has 14 heavy (non-hydrogen) atoms. The minimum atomic E-state index is 0.680. The first-order valence-corrected chi connectivity index (χ1v) is 5.51. The van der Waals surface area contributed by atoms with Gasteiger partial charge in [0.1, 0.15) is 0 Å². The van der Waals surface area contributed by atoms with E-state index in [1.807, 2.05) is 0 Å². The molecule has 3 heteroatoms. The van der Waals surface area contributed by atoms with Crippen molar-refractivity contribution < 1.29 is 0 Å². The van der Waals surface area contributed by atoms with Crippen LogP contribution < -0.4 is 5.32 Å². The van der Waals surface area contributed by atoms with E-state index in [9.17, 15) is 0 Å². The van der Waals surface area contributed by atoms with Crippen LogP contribution in [0.5, 0.6) is 0 Å². The molecule has 0 radical (unpaired) electrons. The molecule has 0 aromatic heterocycles. The van der Waals surface area contributed by atoms with Gasteiger partial charge in [-0.1, -0.05) is 5.92 Å². The summed E-state index contributed by atoms with van der Waals surface area (Å²) in [6.07, 6.45) is 8.06. The summed E-state index contributed by atoms with van der Waals surface area (Å²) in [5.41, 5.74) is 0. The normalized spacial score (nSPS) is 30.4. The monoisotopic (exact) mass is 193 g/mol. The third-order valence-electron chi connectivity index (χ3n) is 3.16. The van der Waals surface area contributed by atoms with Gasteiger partial charge in [0, 0.05) is 25.8 Å². The van der Waals surface area contributed by atoms with E-state index < -0.39 is 0 Å². The summed E-state index contributed by atoms with van der Waals surface area (Å²) in [6, 6.07) is 0.680. The van der Waals surface area contributed by atoms with Crippen LogP contribution in [0.25, 0.3) is 0 Å². The van der Waals surface area contributed by atoms with E-state index in [4.69, 9.17) is 6.42 Å². The van der Waals surface area contributed by atoms with Crippen LogP contribution in [-0.2, 0) is 0 Å². The molecular weight excluding hydrogens is 174 g/mol. The standard InChI is InChI=1S/C11H19N3/c1-2-5-13-9-11(8-12-10-13)14-6-3-4-7-14/h1,11-12H,3-10H2. The molecule has 0 aromatic carbocycles. The van der Waals surface area contributed by atoms with Crippen LogP contribution in [0.2, 0.25) is 0 Å². The number of nitrogens with one attached hydrogen (secondary N) is 1. The lowest BCUT2D eigenvalue weighted by molar-refractivity contribution is 0.123. The maximum Gasteiger partial charge on any atom is 0.0610 e. The minimum Gasteiger partial charge on any atom is -0.303 e. The van der Waals surface area contributed by atoms with Gasteiger partial charge in [-0.25, -0.2) is 0 Å². The van der Waals surface area contributed by atoms with Gasteiger partial charge in [-0.3, -0.25) is 9.80 Å². The third kappa shape index (κ3) is 2.27. The molecule has 0 saturated carbocycles. The van der Waals surface area contributed by atoms with Crippen molar-refractivity contribution in [3.63, 3.8) is 0 Å². The predicted molar refractivity (Wildman–Crippen MR) is 57.9 cm³/mol. The largest absolute Gasteiger partial charge is 0.303 e. The third-order valence-corrected chi connectivity index (χ3v) is 3.16. The van der Waals surface area contributed by atoms with Crippen molar-refractivity contribution in [2.45, 2.75) is 18.9 Å². The van der Waals surface area contributed by atoms with Crippen molar-refractivity contribution in [3.8, 4) is 12.3 Å². The number of likely N-dealkylation sites (tertiary alicyclic amines) is 1. The van der Waals surface area contributed by atoms with Crippen LogP contribution in [0.3, 0.4) is 0 Å². The van der Waals surface area contributed by atoms with Gasteiger partial charge in [-0.15, -0.1) is 6.42 Å². The Bertz CT molecular complexity index is 215. The molecule has 2 heterocycles. The molecular formula is C11H19N3. The Balaban J connectivity index is 1.84. The van der Waals surface area contributed by atoms with Crippen molar-refractivity contribution in [2.75, 3.05) is 39.4 Å². The molecule has 1 N–H and O–H groups in total. The van der Waals surface area contributed by atoms with E-state index in [0.29, 0.717) is 6.04 Å². The first-order chi connectivity index (χ1) is 6.90. The van der Waals surface area contributed by atoms with Crippen molar-refractivity contribution in [1.29, 1.82) is 0 Å². The molecule has 1 unspecified atom stereocenters. The molecule has 2 saturated heterocycles. The lowest BCUT2D eigenvalue weighted by Gasteiger charge is -2.37. The molecule has 0 aromatic rings. The Hall–Kier alpha value is -0.560. The van der Waals surface area contributed by atoms with Gasteiger partial charge in [-0.05, 0) is 25.9 Å². The zero-order chi connectivity index (χ0) is 9.80. The maximum absolute atomic E-state index is 5.33. The molecule has 1 atom stereocenters. The molecule has 0 aliphatic carbocycles. The van der Waals surface area contributed by atoms with Crippen molar-refractivity contribution in [1.82, 2.24) is 15.1 Å². The Morgan fingerprint density at radius 3 is 2.86 bits per heavy atom. The second-order valence-electron chi connectivity index (χ2n) is 4.22. The highest BCUT2D eigenvalue weighted by molar-refractivity contribution is 4.92. The van der Waals surface area contributed by atoms with Crippen molar-refractivity contribution in [3.05, 3.63) is 0 Å². The SMILES string of the molecule is C#CCN1CNCC(N2CCCC2)C1. The van der Waals surface area contributed by atoms with Gasteiger partial charge in [0.25, 0.3) is 0 Å². The van der Waals surface area contributed by atoms with Crippen LogP contribution in [-0.4, -0.2) is 55.2 Å². The van der Waals surface area contributed by atoms with E-state index in [1.54, 1.807) is 0 Å². The summed E-state index contributed by atoms with van der Waals surface area (Å²) in [4.78, 5) is 4.90. The number of hydrogen-bond donors (Lipinski definition) is 1. The number of hydrogen-bond acceptors (Lipinski definition) is 3. The predicted octanol–water partition coefficient (Wildman–Crippen LogP) is -0.0533. The molecule has 2 rings (SSSR count). The number of terminal acetylenes is 1. The topological polar surface area (TPSA) is 18.5 Å². The van der Waals surface area contributed by atoms with E-state index in [-0.39, 0.29) is 0 Å². The fourth-order valence-electron chi connectivity index (χ4n) is 2.42. The summed E-state index contributed by atoms with van der Waals surface area (Å²) < 4.78 is 0. The average Bonchev–Trinajstić information content (AvgIpc) is 2.71. The molecule has 78 valence electrons. The van der Waals surface area contributed by atoms with Gasteiger partial charge >= 0.3 is 0 Å². The zero-order valence-electron chi connectivity index (χ0n) is 8.71. The fourth-order valence-corrected chi connectivity index (χ4v) is 2.42. The smallest absolute Gasteiger partial charge is 0.0610 e. The Morgan fingerprint density at radius 2 is 2.14 bits per heavy atom. The van der Waals surface area contributed by atoms with Crippen LogP contribution >= 0.6 is 0 Å². The highest BCUT2D eigenvalue weighted by Crippen LogP contribution is 2.13. The lowest BCUT2D eigenvalue weighted by Crippen LogP contribution is -2.55. The Labute approximate surface area is 86.4 Å². The summed E-state index contributed by atoms with van der Waals surface area (Å²) in [5, 5.41) is 3.44. The van der Waals surface area contributed by atoms with Gasteiger partial charge in [0.2, 0.25) is 0 Å². The van der Waals surface area contributed by atoms with Gasteiger partial charge in [0.05, 0.1) is 6.54 Å². The Kier molecular flexibility index (Phi) is 3.41. The van der Waals surface area contributed by atoms with E-state index in [1.165, 1.54) is 25.9 Å². The van der Waals surface area contributed by atoms with E-state index in [0.717, 1.165) is 26.3 Å². The summed E-state index contributed by atoms with van der Waals surface area (Å²) in [7, 11) is 0. The van der Waals surface area contributed by atoms with Gasteiger partial charge < -0.3 is 5.32 Å². The first kappa shape index (κ1) is 9.97. The van der Waals surface area contributed by atoms with Crippen molar-refractivity contribution in [2.24, 2.45) is 0 Å². The maximum atomic E-state index is 5.33. The zero-order valence-corrected chi connectivity index (χ0v) is 8.71. The quantitative estimate of drug-likeness (QED) is 0.620. The summed E-state index contributed by atoms with van der Waals surface area (Å²) in [5.74, 6) is 2.72. The number of nitrogens with zero attached hydrogens (tertiary/aromatic N) is 2. The van der Waals surface area contributed by atoms with Gasteiger partial charge in [0.15, 0.2) is 0 Å². The van der Waals surface area contributed by atoms with Crippen LogP contribution in [0, 0.1) is 12.3 Å².